The Morgan fingerprint density at radius 1 is 1.09 bits per heavy atom. The zero-order chi connectivity index (χ0) is 22.6. The number of ether oxygens (including phenoxy) is 1. The molecule has 0 atom stereocenters. The highest BCUT2D eigenvalue weighted by atomic mass is 19.4. The molecule has 0 aliphatic heterocycles. The Morgan fingerprint density at radius 2 is 1.88 bits per heavy atom. The number of alkyl carbamates (subject to hydrolysis) is 1. The van der Waals surface area contributed by atoms with E-state index in [1.54, 1.807) is 0 Å². The van der Waals surface area contributed by atoms with Crippen LogP contribution in [-0.4, -0.2) is 32.6 Å². The van der Waals surface area contributed by atoms with E-state index < -0.39 is 17.8 Å². The molecule has 0 unspecified atom stereocenters. The van der Waals surface area contributed by atoms with Crippen LogP contribution in [0.1, 0.15) is 22.4 Å². The van der Waals surface area contributed by atoms with Crippen molar-refractivity contribution in [3.8, 4) is 0 Å². The first-order chi connectivity index (χ1) is 15.4. The topological polar surface area (TPSA) is 84.8 Å². The van der Waals surface area contributed by atoms with Crippen molar-refractivity contribution in [2.45, 2.75) is 25.7 Å². The number of carbonyl (C=O) groups is 1. The molecule has 166 valence electrons. The molecule has 32 heavy (non-hydrogen) atoms. The van der Waals surface area contributed by atoms with Crippen molar-refractivity contribution in [3.05, 3.63) is 83.3 Å². The molecule has 10 heteroatoms. The van der Waals surface area contributed by atoms with Crippen LogP contribution < -0.4 is 5.32 Å². The summed E-state index contributed by atoms with van der Waals surface area (Å²) in [7, 11) is 0. The van der Waals surface area contributed by atoms with E-state index >= 15 is 0 Å². The maximum atomic E-state index is 13.1. The number of fused-ring (bicyclic) bond motifs is 1. The summed E-state index contributed by atoms with van der Waals surface area (Å²) in [6.45, 7) is 0.154. The standard InChI is InChI=1S/C22H20F3N5O2/c23-22(24,25)19-7-3-1-5-16(19)12-30-13-17(28-29-30)14-32-21(31)26-10-9-15-11-27-20-8-4-2-6-18(15)20/h1-8,11,13,27H,9-10,12,14H2,(H,26,31). The van der Waals surface area contributed by atoms with Gasteiger partial charge in [-0.1, -0.05) is 41.6 Å². The van der Waals surface area contributed by atoms with E-state index in [9.17, 15) is 18.0 Å². The van der Waals surface area contributed by atoms with Crippen molar-refractivity contribution < 1.29 is 22.7 Å². The highest BCUT2D eigenvalue weighted by Crippen LogP contribution is 2.32. The van der Waals surface area contributed by atoms with Gasteiger partial charge in [0.2, 0.25) is 0 Å². The molecule has 4 rings (SSSR count). The number of rotatable bonds is 7. The first-order valence-corrected chi connectivity index (χ1v) is 9.90. The second-order valence-corrected chi connectivity index (χ2v) is 7.17. The lowest BCUT2D eigenvalue weighted by atomic mass is 10.1. The maximum Gasteiger partial charge on any atom is 0.416 e. The molecule has 0 aliphatic carbocycles. The Morgan fingerprint density at radius 3 is 2.72 bits per heavy atom. The van der Waals surface area contributed by atoms with E-state index in [1.165, 1.54) is 29.1 Å². The Bertz CT molecular complexity index is 1220. The van der Waals surface area contributed by atoms with Gasteiger partial charge in [0.15, 0.2) is 0 Å². The summed E-state index contributed by atoms with van der Waals surface area (Å²) >= 11 is 0. The third kappa shape index (κ3) is 5.08. The number of alkyl halides is 3. The fraction of sp³-hybridized carbons (Fsp3) is 0.227. The number of amides is 1. The molecule has 0 saturated carbocycles. The molecule has 7 nitrogen and oxygen atoms in total. The third-order valence-electron chi connectivity index (χ3n) is 4.93. The largest absolute Gasteiger partial charge is 0.443 e. The van der Waals surface area contributed by atoms with E-state index in [1.807, 2.05) is 30.5 Å². The van der Waals surface area contributed by atoms with Crippen molar-refractivity contribution in [3.63, 3.8) is 0 Å². The molecule has 0 bridgehead atoms. The van der Waals surface area contributed by atoms with Crippen molar-refractivity contribution in [2.75, 3.05) is 6.54 Å². The van der Waals surface area contributed by atoms with Crippen LogP contribution in [0.15, 0.2) is 60.9 Å². The highest BCUT2D eigenvalue weighted by molar-refractivity contribution is 5.83. The van der Waals surface area contributed by atoms with Gasteiger partial charge in [0.05, 0.1) is 18.3 Å². The smallest absolute Gasteiger partial charge is 0.416 e. The van der Waals surface area contributed by atoms with Gasteiger partial charge in [0.25, 0.3) is 0 Å². The number of aromatic nitrogens is 4. The molecule has 0 saturated heterocycles. The fourth-order valence-corrected chi connectivity index (χ4v) is 3.42. The van der Waals surface area contributed by atoms with Crippen LogP contribution in [0.5, 0.6) is 0 Å². The van der Waals surface area contributed by atoms with Gasteiger partial charge in [0, 0.05) is 23.6 Å². The Balaban J connectivity index is 1.26. The number of carbonyl (C=O) groups excluding carboxylic acids is 1. The van der Waals surface area contributed by atoms with Crippen LogP contribution >= 0.6 is 0 Å². The van der Waals surface area contributed by atoms with E-state index in [-0.39, 0.29) is 18.7 Å². The first kappa shape index (κ1) is 21.4. The summed E-state index contributed by atoms with van der Waals surface area (Å²) in [5.74, 6) is 0. The van der Waals surface area contributed by atoms with Crippen LogP contribution in [0.4, 0.5) is 18.0 Å². The highest BCUT2D eigenvalue weighted by Gasteiger charge is 2.32. The molecule has 2 aromatic heterocycles. The lowest BCUT2D eigenvalue weighted by Gasteiger charge is -2.12. The molecule has 2 aromatic carbocycles. The Kier molecular flexibility index (Phi) is 6.11. The van der Waals surface area contributed by atoms with Gasteiger partial charge >= 0.3 is 12.3 Å². The maximum absolute atomic E-state index is 13.1. The van der Waals surface area contributed by atoms with Gasteiger partial charge in [-0.15, -0.1) is 5.10 Å². The first-order valence-electron chi connectivity index (χ1n) is 9.90. The predicted molar refractivity (Wildman–Crippen MR) is 111 cm³/mol. The number of hydrogen-bond donors (Lipinski definition) is 2. The minimum atomic E-state index is -4.45. The Hall–Kier alpha value is -3.82. The van der Waals surface area contributed by atoms with Crippen LogP contribution in [0.2, 0.25) is 0 Å². The summed E-state index contributed by atoms with van der Waals surface area (Å²) in [5.41, 5.74) is 1.81. The molecule has 0 fully saturated rings. The average molecular weight is 443 g/mol. The minimum Gasteiger partial charge on any atom is -0.443 e. The van der Waals surface area contributed by atoms with Gasteiger partial charge in [-0.05, 0) is 29.7 Å². The molecule has 1 amide bonds. The summed E-state index contributed by atoms with van der Waals surface area (Å²) in [6, 6.07) is 13.2. The number of H-pyrrole nitrogens is 1. The van der Waals surface area contributed by atoms with Crippen molar-refractivity contribution in [1.82, 2.24) is 25.3 Å². The molecule has 2 N–H and O–H groups in total. The van der Waals surface area contributed by atoms with E-state index in [0.717, 1.165) is 22.5 Å². The SMILES string of the molecule is O=C(NCCc1c[nH]c2ccccc12)OCc1cn(Cc2ccccc2C(F)(F)F)nn1. The summed E-state index contributed by atoms with van der Waals surface area (Å²) in [5, 5.41) is 11.5. The van der Waals surface area contributed by atoms with E-state index in [2.05, 4.69) is 20.6 Å². The number of para-hydroxylation sites is 1. The number of nitrogens with one attached hydrogen (secondary N) is 2. The number of aromatic amines is 1. The third-order valence-corrected chi connectivity index (χ3v) is 4.93. The molecular weight excluding hydrogens is 423 g/mol. The van der Waals surface area contributed by atoms with Gasteiger partial charge in [-0.3, -0.25) is 0 Å². The predicted octanol–water partition coefficient (Wildman–Crippen LogP) is 4.30. The summed E-state index contributed by atoms with van der Waals surface area (Å²) < 4.78 is 45.8. The molecule has 0 spiro atoms. The quantitative estimate of drug-likeness (QED) is 0.446. The van der Waals surface area contributed by atoms with Crippen LogP contribution in [0, 0.1) is 0 Å². The summed E-state index contributed by atoms with van der Waals surface area (Å²) in [4.78, 5) is 15.1. The fourth-order valence-electron chi connectivity index (χ4n) is 3.42. The van der Waals surface area contributed by atoms with Crippen molar-refractivity contribution in [1.29, 1.82) is 0 Å². The normalized spacial score (nSPS) is 11.6. The van der Waals surface area contributed by atoms with Gasteiger partial charge < -0.3 is 15.0 Å². The van der Waals surface area contributed by atoms with Crippen LogP contribution in [0.25, 0.3) is 10.9 Å². The lowest BCUT2D eigenvalue weighted by molar-refractivity contribution is -0.138. The lowest BCUT2D eigenvalue weighted by Crippen LogP contribution is -2.26. The number of nitrogens with zero attached hydrogens (tertiary/aromatic N) is 3. The summed E-state index contributed by atoms with van der Waals surface area (Å²) in [6.07, 6.45) is -1.07. The Labute approximate surface area is 181 Å². The second-order valence-electron chi connectivity index (χ2n) is 7.17. The van der Waals surface area contributed by atoms with Crippen molar-refractivity contribution in [2.24, 2.45) is 0 Å². The number of benzene rings is 2. The number of hydrogen-bond acceptors (Lipinski definition) is 4. The molecule has 4 aromatic rings. The molecule has 0 radical (unpaired) electrons. The van der Waals surface area contributed by atoms with Gasteiger partial charge in [-0.25, -0.2) is 9.48 Å². The monoisotopic (exact) mass is 443 g/mol. The van der Waals surface area contributed by atoms with Crippen molar-refractivity contribution >= 4 is 17.0 Å². The van der Waals surface area contributed by atoms with Crippen LogP contribution in [-0.2, 0) is 30.5 Å². The van der Waals surface area contributed by atoms with Gasteiger partial charge in [0.1, 0.15) is 12.3 Å². The second kappa shape index (κ2) is 9.13. The van der Waals surface area contributed by atoms with E-state index in [4.69, 9.17) is 4.74 Å². The van der Waals surface area contributed by atoms with Crippen LogP contribution in [0.3, 0.4) is 0 Å². The van der Waals surface area contributed by atoms with E-state index in [0.29, 0.717) is 18.7 Å². The minimum absolute atomic E-state index is 0.0763. The number of halogens is 3. The zero-order valence-corrected chi connectivity index (χ0v) is 16.9. The molecular formula is C22H20F3N5O2. The molecule has 2 heterocycles. The molecule has 0 aliphatic rings. The average Bonchev–Trinajstić information content (AvgIpc) is 3.39. The van der Waals surface area contributed by atoms with Gasteiger partial charge in [-0.2, -0.15) is 13.2 Å². The zero-order valence-electron chi connectivity index (χ0n) is 16.9.